The minimum atomic E-state index is -0.849. The van der Waals surface area contributed by atoms with Crippen molar-refractivity contribution in [1.29, 1.82) is 0 Å². The van der Waals surface area contributed by atoms with Crippen molar-refractivity contribution in [2.24, 2.45) is 5.41 Å². The van der Waals surface area contributed by atoms with Crippen LogP contribution in [-0.4, -0.2) is 82.5 Å². The van der Waals surface area contributed by atoms with E-state index in [1.54, 1.807) is 35.7 Å². The molecule has 1 saturated heterocycles. The molecule has 0 spiro atoms. The number of phenols is 1. The van der Waals surface area contributed by atoms with Crippen LogP contribution >= 0.6 is 11.3 Å². The molecule has 1 fully saturated rings. The topological polar surface area (TPSA) is 201 Å². The highest BCUT2D eigenvalue weighted by Crippen LogP contribution is 2.33. The van der Waals surface area contributed by atoms with Crippen molar-refractivity contribution < 1.29 is 24.6 Å². The molecule has 2 aromatic carbocycles. The zero-order valence-corrected chi connectivity index (χ0v) is 37.3. The number of nitrogens with two attached hydrogens (primary N) is 1. The van der Waals surface area contributed by atoms with Gasteiger partial charge in [0, 0.05) is 48.8 Å². The number of carbonyl (C=O) groups is 3. The largest absolute Gasteiger partial charge is 0.507 e. The van der Waals surface area contributed by atoms with Crippen molar-refractivity contribution in [3.8, 4) is 38.6 Å². The molecule has 0 aliphatic carbocycles. The number of β-amino-alcohol motifs (C(OH)–C–C–N with tert-alkyl or cyclic N) is 1. The smallest absolute Gasteiger partial charge is 0.246 e. The zero-order valence-electron chi connectivity index (χ0n) is 36.5. The summed E-state index contributed by atoms with van der Waals surface area (Å²) in [6.45, 7) is 10.4. The number of nitrogens with zero attached hydrogens (tertiary/aromatic N) is 6. The Balaban J connectivity index is 0.885. The van der Waals surface area contributed by atoms with Crippen molar-refractivity contribution in [3.05, 3.63) is 83.8 Å². The molecule has 1 aliphatic heterocycles. The maximum Gasteiger partial charge on any atom is 0.246 e. The first-order valence-electron chi connectivity index (χ1n) is 21.7. The number of para-hydroxylation sites is 1. The molecule has 330 valence electrons. The van der Waals surface area contributed by atoms with E-state index in [0.717, 1.165) is 85.2 Å². The van der Waals surface area contributed by atoms with Gasteiger partial charge in [0.1, 0.15) is 17.8 Å². The van der Waals surface area contributed by atoms with Crippen molar-refractivity contribution in [3.63, 3.8) is 0 Å². The number of thiazole rings is 1. The highest BCUT2D eigenvalue weighted by Gasteiger charge is 2.44. The number of hydrogen-bond acceptors (Lipinski definition) is 11. The van der Waals surface area contributed by atoms with Crippen LogP contribution in [-0.2, 0) is 20.9 Å². The lowest BCUT2D eigenvalue weighted by molar-refractivity contribution is -0.144. The summed E-state index contributed by atoms with van der Waals surface area (Å²) >= 11 is 1.59. The first-order valence-corrected chi connectivity index (χ1v) is 22.6. The predicted octanol–water partition coefficient (Wildman–Crippen LogP) is 7.61. The van der Waals surface area contributed by atoms with E-state index in [1.807, 2.05) is 87.4 Å². The van der Waals surface area contributed by atoms with E-state index < -0.39 is 23.6 Å². The Labute approximate surface area is 368 Å². The maximum atomic E-state index is 14.1. The molecular weight excluding hydrogens is 803 g/mol. The number of nitrogen functional groups attached to an aromatic ring is 1. The summed E-state index contributed by atoms with van der Waals surface area (Å²) in [5, 5.41) is 39.7. The normalized spacial score (nSPS) is 16.3. The van der Waals surface area contributed by atoms with Gasteiger partial charge in [-0.1, -0.05) is 95.7 Å². The fraction of sp³-hybridized carbons (Fsp3) is 0.468. The number of aryl methyl sites for hydroxylation is 2. The number of rotatable bonds is 19. The number of aromatic hydroxyl groups is 1. The number of carbonyl (C=O) groups excluding carboxylic acids is 3. The molecule has 62 heavy (non-hydrogen) atoms. The second kappa shape index (κ2) is 20.9. The van der Waals surface area contributed by atoms with Gasteiger partial charge in [-0.25, -0.2) is 4.98 Å². The highest BCUT2D eigenvalue weighted by molar-refractivity contribution is 7.13. The number of likely N-dealkylation sites (tertiary alicyclic amines) is 1. The Bertz CT molecular complexity index is 2290. The molecule has 6 N–H and O–H groups in total. The Morgan fingerprint density at radius 2 is 1.61 bits per heavy atom. The molecule has 15 heteroatoms. The second-order valence-electron chi connectivity index (χ2n) is 17.5. The van der Waals surface area contributed by atoms with Crippen LogP contribution in [0.2, 0.25) is 0 Å². The average Bonchev–Trinajstić information content (AvgIpc) is 4.00. The van der Waals surface area contributed by atoms with Crippen molar-refractivity contribution in [2.45, 2.75) is 130 Å². The number of nitrogens with one attached hydrogen (secondary N) is 2. The quantitative estimate of drug-likeness (QED) is 0.0515. The van der Waals surface area contributed by atoms with E-state index in [0.29, 0.717) is 29.1 Å². The molecule has 0 radical (unpaired) electrons. The summed E-state index contributed by atoms with van der Waals surface area (Å²) in [5.41, 5.74) is 13.0. The number of amides is 3. The predicted molar refractivity (Wildman–Crippen MR) is 243 cm³/mol. The van der Waals surface area contributed by atoms with Crippen LogP contribution in [0.4, 0.5) is 5.82 Å². The third kappa shape index (κ3) is 11.8. The zero-order chi connectivity index (χ0) is 44.4. The number of benzene rings is 2. The molecule has 14 nitrogen and oxygen atoms in total. The van der Waals surface area contributed by atoms with E-state index >= 15 is 0 Å². The summed E-state index contributed by atoms with van der Waals surface area (Å²) in [6.07, 6.45) is 11.4. The average molecular weight is 864 g/mol. The Morgan fingerprint density at radius 1 is 0.919 bits per heavy atom. The molecule has 4 atom stereocenters. The van der Waals surface area contributed by atoms with Crippen LogP contribution in [0.3, 0.4) is 0 Å². The lowest BCUT2D eigenvalue weighted by Crippen LogP contribution is -2.57. The number of aliphatic hydroxyl groups is 1. The van der Waals surface area contributed by atoms with E-state index in [1.165, 1.54) is 4.90 Å². The lowest BCUT2D eigenvalue weighted by atomic mass is 9.85. The van der Waals surface area contributed by atoms with Gasteiger partial charge in [-0.3, -0.25) is 19.1 Å². The van der Waals surface area contributed by atoms with Gasteiger partial charge in [0.15, 0.2) is 5.82 Å². The maximum absolute atomic E-state index is 14.1. The van der Waals surface area contributed by atoms with Crippen molar-refractivity contribution in [1.82, 2.24) is 40.5 Å². The van der Waals surface area contributed by atoms with E-state index in [9.17, 15) is 24.6 Å². The van der Waals surface area contributed by atoms with Crippen LogP contribution in [0.25, 0.3) is 32.8 Å². The third-order valence-electron chi connectivity index (χ3n) is 11.5. The van der Waals surface area contributed by atoms with Gasteiger partial charge in [-0.05, 0) is 61.4 Å². The van der Waals surface area contributed by atoms with E-state index in [4.69, 9.17) is 5.73 Å². The molecule has 5 aromatic rings. The molecule has 4 heterocycles. The number of anilines is 1. The lowest BCUT2D eigenvalue weighted by Gasteiger charge is -2.35. The standard InChI is InChI=1S/C47H61N9O5S/c1-30(32-19-21-33(22-20-32)42-31(2)49-29-62-42)51-45(60)39-24-35(57)28-56(39)46(61)43(47(3,4)5)52-41(59)18-12-10-8-6-7-9-11-15-23-55-27-34(26-50-55)37-25-38(53-54-44(37)48)36-16-13-14-17-40(36)58/h13-14,16-17,19-22,25-27,29-30,35,39,43,57-58H,6-12,15,18,23-24,28H2,1-5H3,(H2,48,54)(H,51,60)(H,52,59). The summed E-state index contributed by atoms with van der Waals surface area (Å²) in [6, 6.07) is 14.8. The van der Waals surface area contributed by atoms with Crippen molar-refractivity contribution in [2.75, 3.05) is 12.3 Å². The minimum absolute atomic E-state index is 0.0320. The van der Waals surface area contributed by atoms with Gasteiger partial charge in [0.25, 0.3) is 0 Å². The van der Waals surface area contributed by atoms with Gasteiger partial charge in [0.2, 0.25) is 17.7 Å². The van der Waals surface area contributed by atoms with Crippen LogP contribution < -0.4 is 16.4 Å². The highest BCUT2D eigenvalue weighted by atomic mass is 32.1. The summed E-state index contributed by atoms with van der Waals surface area (Å²) in [5.74, 6) is -0.450. The number of unbranched alkanes of at least 4 members (excludes halogenated alkanes) is 7. The monoisotopic (exact) mass is 863 g/mol. The molecule has 3 amide bonds. The summed E-state index contributed by atoms with van der Waals surface area (Å²) in [7, 11) is 0. The third-order valence-corrected chi connectivity index (χ3v) is 12.5. The van der Waals surface area contributed by atoms with E-state index in [-0.39, 0.29) is 42.5 Å². The van der Waals surface area contributed by atoms with Crippen LogP contribution in [0.1, 0.15) is 109 Å². The molecule has 6 rings (SSSR count). The number of hydrogen-bond donors (Lipinski definition) is 5. The first-order chi connectivity index (χ1) is 29.7. The van der Waals surface area contributed by atoms with Gasteiger partial charge in [-0.2, -0.15) is 5.10 Å². The van der Waals surface area contributed by atoms with Crippen LogP contribution in [0.5, 0.6) is 5.75 Å². The fourth-order valence-electron chi connectivity index (χ4n) is 7.95. The Hall–Kier alpha value is -5.67. The Kier molecular flexibility index (Phi) is 15.5. The summed E-state index contributed by atoms with van der Waals surface area (Å²) in [4.78, 5) is 47.7. The molecular formula is C47H61N9O5S. The molecule has 4 unspecified atom stereocenters. The SMILES string of the molecule is Cc1ncsc1-c1ccc(C(C)NC(=O)C2CC(O)CN2C(=O)C(NC(=O)CCCCCCCCCCn2cc(-c3cc(-c4ccccc4O)nnc3N)cn2)C(C)(C)C)cc1. The Morgan fingerprint density at radius 3 is 2.29 bits per heavy atom. The molecule has 0 saturated carbocycles. The van der Waals surface area contributed by atoms with Crippen molar-refractivity contribution >= 4 is 34.9 Å². The van der Waals surface area contributed by atoms with Gasteiger partial charge < -0.3 is 31.5 Å². The number of aliphatic hydroxyl groups excluding tert-OH is 1. The van der Waals surface area contributed by atoms with E-state index in [2.05, 4.69) is 30.9 Å². The first kappa shape index (κ1) is 45.8. The number of phenolic OH excluding ortho intramolecular Hbond substituents is 1. The molecule has 3 aromatic heterocycles. The second-order valence-corrected chi connectivity index (χ2v) is 18.4. The minimum Gasteiger partial charge on any atom is -0.507 e. The van der Waals surface area contributed by atoms with Gasteiger partial charge in [-0.15, -0.1) is 21.5 Å². The van der Waals surface area contributed by atoms with Gasteiger partial charge in [0.05, 0.1) is 40.1 Å². The number of aromatic nitrogens is 5. The molecule has 0 bridgehead atoms. The molecule has 1 aliphatic rings. The van der Waals surface area contributed by atoms with Crippen LogP contribution in [0, 0.1) is 12.3 Å². The fourth-order valence-corrected chi connectivity index (χ4v) is 8.76. The van der Waals surface area contributed by atoms with Gasteiger partial charge >= 0.3 is 0 Å². The van der Waals surface area contributed by atoms with Crippen LogP contribution in [0.15, 0.2) is 72.5 Å². The summed E-state index contributed by atoms with van der Waals surface area (Å²) < 4.78 is 1.91.